The minimum Gasteiger partial charge on any atom is -0.497 e. The molecule has 0 unspecified atom stereocenters. The SMILES string of the molecule is COc1ccc2c(c1)Cc1cc(Cl)ccc1NC2. The minimum absolute atomic E-state index is 0.780. The molecular formula is C15H14ClNO. The topological polar surface area (TPSA) is 21.3 Å². The average Bonchev–Trinajstić information content (AvgIpc) is 2.56. The lowest BCUT2D eigenvalue weighted by atomic mass is 10.0. The fourth-order valence-corrected chi connectivity index (χ4v) is 2.54. The highest BCUT2D eigenvalue weighted by molar-refractivity contribution is 6.30. The van der Waals surface area contributed by atoms with E-state index >= 15 is 0 Å². The minimum atomic E-state index is 0.780. The summed E-state index contributed by atoms with van der Waals surface area (Å²) in [6, 6.07) is 12.2. The van der Waals surface area contributed by atoms with Gasteiger partial charge in [-0.2, -0.15) is 0 Å². The number of halogens is 1. The normalized spacial score (nSPS) is 13.0. The molecule has 0 saturated carbocycles. The molecule has 3 rings (SSSR count). The monoisotopic (exact) mass is 259 g/mol. The van der Waals surface area contributed by atoms with Gasteiger partial charge in [-0.05, 0) is 53.4 Å². The summed E-state index contributed by atoms with van der Waals surface area (Å²) >= 11 is 6.06. The first kappa shape index (κ1) is 11.4. The van der Waals surface area contributed by atoms with Crippen LogP contribution in [0.1, 0.15) is 16.7 Å². The Morgan fingerprint density at radius 3 is 2.78 bits per heavy atom. The molecule has 0 aliphatic carbocycles. The van der Waals surface area contributed by atoms with E-state index in [0.717, 1.165) is 29.4 Å². The number of fused-ring (bicyclic) bond motifs is 2. The van der Waals surface area contributed by atoms with Gasteiger partial charge in [0.1, 0.15) is 5.75 Å². The molecule has 1 heterocycles. The van der Waals surface area contributed by atoms with Gasteiger partial charge in [-0.1, -0.05) is 17.7 Å². The molecule has 2 nitrogen and oxygen atoms in total. The van der Waals surface area contributed by atoms with E-state index in [2.05, 4.69) is 17.4 Å². The van der Waals surface area contributed by atoms with E-state index < -0.39 is 0 Å². The van der Waals surface area contributed by atoms with Gasteiger partial charge in [-0.25, -0.2) is 0 Å². The molecule has 0 saturated heterocycles. The van der Waals surface area contributed by atoms with Crippen molar-refractivity contribution in [1.29, 1.82) is 0 Å². The lowest BCUT2D eigenvalue weighted by molar-refractivity contribution is 0.414. The Morgan fingerprint density at radius 2 is 1.94 bits per heavy atom. The van der Waals surface area contributed by atoms with Crippen molar-refractivity contribution in [2.75, 3.05) is 12.4 Å². The number of ether oxygens (including phenoxy) is 1. The van der Waals surface area contributed by atoms with Crippen molar-refractivity contribution >= 4 is 17.3 Å². The van der Waals surface area contributed by atoms with Crippen LogP contribution in [0, 0.1) is 0 Å². The van der Waals surface area contributed by atoms with Crippen LogP contribution in [0.4, 0.5) is 5.69 Å². The first-order valence-electron chi connectivity index (χ1n) is 5.94. The summed E-state index contributed by atoms with van der Waals surface area (Å²) in [5.41, 5.74) is 5.00. The van der Waals surface area contributed by atoms with Crippen LogP contribution in [0.15, 0.2) is 36.4 Å². The van der Waals surface area contributed by atoms with E-state index in [9.17, 15) is 0 Å². The van der Waals surface area contributed by atoms with Crippen molar-refractivity contribution in [1.82, 2.24) is 0 Å². The predicted molar refractivity (Wildman–Crippen MR) is 74.6 cm³/mol. The first-order chi connectivity index (χ1) is 8.76. The molecule has 0 amide bonds. The van der Waals surface area contributed by atoms with Crippen LogP contribution in [0.25, 0.3) is 0 Å². The van der Waals surface area contributed by atoms with Gasteiger partial charge in [-0.15, -0.1) is 0 Å². The maximum atomic E-state index is 6.06. The molecule has 1 aliphatic heterocycles. The van der Waals surface area contributed by atoms with Crippen LogP contribution in [-0.4, -0.2) is 7.11 Å². The van der Waals surface area contributed by atoms with E-state index in [1.807, 2.05) is 24.3 Å². The van der Waals surface area contributed by atoms with Gasteiger partial charge in [0.25, 0.3) is 0 Å². The number of methoxy groups -OCH3 is 1. The molecule has 0 fully saturated rings. The Kier molecular flexibility index (Phi) is 2.88. The molecule has 92 valence electrons. The van der Waals surface area contributed by atoms with Gasteiger partial charge in [-0.3, -0.25) is 0 Å². The largest absolute Gasteiger partial charge is 0.497 e. The fraction of sp³-hybridized carbons (Fsp3) is 0.200. The van der Waals surface area contributed by atoms with Crippen LogP contribution >= 0.6 is 11.6 Å². The summed E-state index contributed by atoms with van der Waals surface area (Å²) in [4.78, 5) is 0. The smallest absolute Gasteiger partial charge is 0.119 e. The Balaban J connectivity index is 2.06. The summed E-state index contributed by atoms with van der Waals surface area (Å²) in [5.74, 6) is 0.902. The standard InChI is InChI=1S/C15H14ClNO/c1-18-14-4-2-10-9-17-15-5-3-13(16)7-12(15)6-11(10)8-14/h2-5,7-8,17H,6,9H2,1H3. The van der Waals surface area contributed by atoms with Crippen molar-refractivity contribution in [3.8, 4) is 5.75 Å². The van der Waals surface area contributed by atoms with Gasteiger partial charge in [0, 0.05) is 17.3 Å². The maximum absolute atomic E-state index is 6.06. The number of hydrogen-bond donors (Lipinski definition) is 1. The Bertz CT molecular complexity index is 595. The third-order valence-electron chi connectivity index (χ3n) is 3.33. The third kappa shape index (κ3) is 2.04. The van der Waals surface area contributed by atoms with Crippen LogP contribution in [0.5, 0.6) is 5.75 Å². The molecule has 1 aliphatic rings. The molecular weight excluding hydrogens is 246 g/mol. The zero-order valence-electron chi connectivity index (χ0n) is 10.2. The molecule has 18 heavy (non-hydrogen) atoms. The molecule has 3 heteroatoms. The second-order valence-electron chi connectivity index (χ2n) is 4.47. The van der Waals surface area contributed by atoms with Gasteiger partial charge in [0.15, 0.2) is 0 Å². The van der Waals surface area contributed by atoms with Crippen LogP contribution in [0.2, 0.25) is 5.02 Å². The van der Waals surface area contributed by atoms with E-state index in [-0.39, 0.29) is 0 Å². The summed E-state index contributed by atoms with van der Waals surface area (Å²) < 4.78 is 5.29. The highest BCUT2D eigenvalue weighted by Crippen LogP contribution is 2.30. The van der Waals surface area contributed by atoms with E-state index in [1.165, 1.54) is 16.7 Å². The molecule has 0 radical (unpaired) electrons. The summed E-state index contributed by atoms with van der Waals surface area (Å²) in [6.07, 6.45) is 0.884. The maximum Gasteiger partial charge on any atom is 0.119 e. The number of rotatable bonds is 1. The lowest BCUT2D eigenvalue weighted by Crippen LogP contribution is -1.99. The molecule has 0 bridgehead atoms. The van der Waals surface area contributed by atoms with Gasteiger partial charge >= 0.3 is 0 Å². The van der Waals surface area contributed by atoms with Crippen molar-refractivity contribution < 1.29 is 4.74 Å². The van der Waals surface area contributed by atoms with Crippen molar-refractivity contribution in [2.45, 2.75) is 13.0 Å². The Labute approximate surface area is 112 Å². The average molecular weight is 260 g/mol. The van der Waals surface area contributed by atoms with E-state index in [1.54, 1.807) is 7.11 Å². The quantitative estimate of drug-likeness (QED) is 0.840. The molecule has 2 aromatic carbocycles. The number of hydrogen-bond acceptors (Lipinski definition) is 2. The predicted octanol–water partition coefficient (Wildman–Crippen LogP) is 3.86. The van der Waals surface area contributed by atoms with Crippen LogP contribution in [0.3, 0.4) is 0 Å². The lowest BCUT2D eigenvalue weighted by Gasteiger charge is -2.07. The first-order valence-corrected chi connectivity index (χ1v) is 6.32. The summed E-state index contributed by atoms with van der Waals surface area (Å²) in [5, 5.41) is 4.23. The van der Waals surface area contributed by atoms with Crippen LogP contribution in [-0.2, 0) is 13.0 Å². The second kappa shape index (κ2) is 4.54. The highest BCUT2D eigenvalue weighted by atomic mass is 35.5. The van der Waals surface area contributed by atoms with Crippen molar-refractivity contribution in [3.05, 3.63) is 58.1 Å². The number of benzene rings is 2. The van der Waals surface area contributed by atoms with E-state index in [4.69, 9.17) is 16.3 Å². The Hall–Kier alpha value is -1.67. The molecule has 0 aromatic heterocycles. The molecule has 0 spiro atoms. The van der Waals surface area contributed by atoms with Gasteiger partial charge in [0.2, 0.25) is 0 Å². The Morgan fingerprint density at radius 1 is 1.06 bits per heavy atom. The zero-order chi connectivity index (χ0) is 12.5. The zero-order valence-corrected chi connectivity index (χ0v) is 10.9. The summed E-state index contributed by atoms with van der Waals surface area (Å²) in [6.45, 7) is 0.841. The number of anilines is 1. The third-order valence-corrected chi connectivity index (χ3v) is 3.57. The van der Waals surface area contributed by atoms with Crippen molar-refractivity contribution in [2.24, 2.45) is 0 Å². The summed E-state index contributed by atoms with van der Waals surface area (Å²) in [7, 11) is 1.70. The number of nitrogens with one attached hydrogen (secondary N) is 1. The van der Waals surface area contributed by atoms with Gasteiger partial charge < -0.3 is 10.1 Å². The molecule has 0 atom stereocenters. The van der Waals surface area contributed by atoms with Gasteiger partial charge in [0.05, 0.1) is 7.11 Å². The highest BCUT2D eigenvalue weighted by Gasteiger charge is 2.13. The molecule has 1 N–H and O–H groups in total. The van der Waals surface area contributed by atoms with Crippen LogP contribution < -0.4 is 10.1 Å². The molecule has 2 aromatic rings. The second-order valence-corrected chi connectivity index (χ2v) is 4.90. The van der Waals surface area contributed by atoms with E-state index in [0.29, 0.717) is 0 Å². The van der Waals surface area contributed by atoms with Crippen molar-refractivity contribution in [3.63, 3.8) is 0 Å². The fourth-order valence-electron chi connectivity index (χ4n) is 2.34.